The molecule has 0 saturated heterocycles. The predicted octanol–water partition coefficient (Wildman–Crippen LogP) is 2.82. The maximum absolute atomic E-state index is 12.7. The molecule has 1 aliphatic rings. The van der Waals surface area contributed by atoms with Crippen molar-refractivity contribution in [1.29, 1.82) is 0 Å². The van der Waals surface area contributed by atoms with Crippen molar-refractivity contribution in [2.45, 2.75) is 24.7 Å². The number of ether oxygens (including phenoxy) is 1. The Morgan fingerprint density at radius 2 is 1.68 bits per heavy atom. The van der Waals surface area contributed by atoms with Crippen molar-refractivity contribution in [2.24, 2.45) is 5.73 Å². The van der Waals surface area contributed by atoms with Gasteiger partial charge in [-0.2, -0.15) is 0 Å². The van der Waals surface area contributed by atoms with Crippen LogP contribution in [0.2, 0.25) is 5.02 Å². The first kappa shape index (κ1) is 19.9. The third-order valence-corrected chi connectivity index (χ3v) is 5.07. The fourth-order valence-electron chi connectivity index (χ4n) is 3.08. The minimum Gasteiger partial charge on any atom is -0.455 e. The van der Waals surface area contributed by atoms with Gasteiger partial charge in [-0.3, -0.25) is 14.4 Å². The summed E-state index contributed by atoms with van der Waals surface area (Å²) in [5.74, 6) is -1.34. The van der Waals surface area contributed by atoms with E-state index in [1.807, 2.05) is 18.2 Å². The Labute approximate surface area is 168 Å². The van der Waals surface area contributed by atoms with E-state index in [1.54, 1.807) is 36.4 Å². The monoisotopic (exact) mass is 400 g/mol. The number of benzene rings is 2. The third kappa shape index (κ3) is 4.51. The molecule has 0 radical (unpaired) electrons. The first-order valence-corrected chi connectivity index (χ1v) is 9.37. The minimum atomic E-state index is -0.699. The molecule has 2 aromatic carbocycles. The second-order valence-corrected chi connectivity index (χ2v) is 7.20. The number of para-hydroxylation sites is 1. The van der Waals surface area contributed by atoms with Gasteiger partial charge >= 0.3 is 5.97 Å². The number of amides is 2. The van der Waals surface area contributed by atoms with Crippen molar-refractivity contribution in [2.75, 3.05) is 18.1 Å². The zero-order chi connectivity index (χ0) is 20.1. The van der Waals surface area contributed by atoms with E-state index in [4.69, 9.17) is 22.1 Å². The number of nitrogens with zero attached hydrogens (tertiary/aromatic N) is 1. The number of carbonyl (C=O) groups excluding carboxylic acids is 3. The van der Waals surface area contributed by atoms with E-state index in [9.17, 15) is 14.4 Å². The molecule has 0 spiro atoms. The predicted molar refractivity (Wildman–Crippen MR) is 106 cm³/mol. The second-order valence-electron chi connectivity index (χ2n) is 6.76. The van der Waals surface area contributed by atoms with Gasteiger partial charge in [0, 0.05) is 23.7 Å². The molecule has 2 amide bonds. The Hall–Kier alpha value is -2.86. The molecule has 146 valence electrons. The lowest BCUT2D eigenvalue weighted by molar-refractivity contribution is -0.150. The van der Waals surface area contributed by atoms with Crippen molar-refractivity contribution >= 4 is 35.1 Å². The van der Waals surface area contributed by atoms with Gasteiger partial charge in [-0.1, -0.05) is 41.9 Å². The van der Waals surface area contributed by atoms with Gasteiger partial charge in [0.25, 0.3) is 5.91 Å². The molecular formula is C21H21ClN2O4. The number of hydrogen-bond donors (Lipinski definition) is 1. The van der Waals surface area contributed by atoms with E-state index in [-0.39, 0.29) is 13.0 Å². The normalized spacial score (nSPS) is 14.2. The summed E-state index contributed by atoms with van der Waals surface area (Å²) < 4.78 is 5.35. The minimum absolute atomic E-state index is 0.0172. The lowest BCUT2D eigenvalue weighted by Crippen LogP contribution is -2.38. The molecule has 0 atom stereocenters. The Kier molecular flexibility index (Phi) is 5.99. The summed E-state index contributed by atoms with van der Waals surface area (Å²) in [6, 6.07) is 16.0. The van der Waals surface area contributed by atoms with Crippen LogP contribution in [0.3, 0.4) is 0 Å². The van der Waals surface area contributed by atoms with Crippen molar-refractivity contribution in [3.05, 3.63) is 65.2 Å². The van der Waals surface area contributed by atoms with Gasteiger partial charge < -0.3 is 15.4 Å². The molecule has 0 bridgehead atoms. The van der Waals surface area contributed by atoms with Crippen molar-refractivity contribution < 1.29 is 19.1 Å². The van der Waals surface area contributed by atoms with Gasteiger partial charge in [0.2, 0.25) is 5.91 Å². The molecule has 28 heavy (non-hydrogen) atoms. The largest absolute Gasteiger partial charge is 0.455 e. The molecule has 0 heterocycles. The van der Waals surface area contributed by atoms with Gasteiger partial charge in [0.05, 0.1) is 5.41 Å². The van der Waals surface area contributed by atoms with Crippen LogP contribution in [0.25, 0.3) is 0 Å². The van der Waals surface area contributed by atoms with Crippen molar-refractivity contribution in [3.8, 4) is 0 Å². The van der Waals surface area contributed by atoms with Gasteiger partial charge in [-0.25, -0.2) is 0 Å². The average molecular weight is 401 g/mol. The Bertz CT molecular complexity index is 864. The Morgan fingerprint density at radius 3 is 2.25 bits per heavy atom. The maximum atomic E-state index is 12.7. The van der Waals surface area contributed by atoms with Crippen LogP contribution in [0.5, 0.6) is 0 Å². The summed E-state index contributed by atoms with van der Waals surface area (Å²) in [6.45, 7) is -0.278. The highest BCUT2D eigenvalue weighted by molar-refractivity contribution is 6.30. The molecule has 1 fully saturated rings. The number of hydrogen-bond acceptors (Lipinski definition) is 4. The number of anilines is 1. The van der Waals surface area contributed by atoms with E-state index in [1.165, 1.54) is 4.90 Å². The van der Waals surface area contributed by atoms with Gasteiger partial charge in [-0.15, -0.1) is 0 Å². The van der Waals surface area contributed by atoms with Crippen LogP contribution in [-0.4, -0.2) is 30.9 Å². The average Bonchev–Trinajstić information content (AvgIpc) is 3.49. The first-order valence-electron chi connectivity index (χ1n) is 8.99. The van der Waals surface area contributed by atoms with Crippen molar-refractivity contribution in [3.63, 3.8) is 0 Å². The highest BCUT2D eigenvalue weighted by Gasteiger charge is 2.52. The maximum Gasteiger partial charge on any atom is 0.317 e. The van der Waals surface area contributed by atoms with Gasteiger partial charge in [0.1, 0.15) is 0 Å². The van der Waals surface area contributed by atoms with Crippen molar-refractivity contribution in [1.82, 2.24) is 0 Å². The second kappa shape index (κ2) is 8.44. The highest BCUT2D eigenvalue weighted by atomic mass is 35.5. The number of primary amides is 1. The van der Waals surface area contributed by atoms with Crippen LogP contribution in [0.4, 0.5) is 5.69 Å². The van der Waals surface area contributed by atoms with Crippen LogP contribution in [0.1, 0.15) is 24.8 Å². The number of halogens is 1. The Morgan fingerprint density at radius 1 is 1.04 bits per heavy atom. The van der Waals surface area contributed by atoms with Gasteiger partial charge in [0.15, 0.2) is 6.61 Å². The molecule has 3 rings (SSSR count). The summed E-state index contributed by atoms with van der Waals surface area (Å²) in [5.41, 5.74) is 5.96. The van der Waals surface area contributed by atoms with Crippen LogP contribution in [0.15, 0.2) is 54.6 Å². The van der Waals surface area contributed by atoms with E-state index in [0.29, 0.717) is 23.6 Å². The number of rotatable bonds is 8. The summed E-state index contributed by atoms with van der Waals surface area (Å²) in [4.78, 5) is 37.8. The van der Waals surface area contributed by atoms with Gasteiger partial charge in [-0.05, 0) is 42.7 Å². The zero-order valence-corrected chi connectivity index (χ0v) is 16.0. The molecule has 2 N–H and O–H groups in total. The smallest absolute Gasteiger partial charge is 0.317 e. The molecule has 2 aromatic rings. The van der Waals surface area contributed by atoms with Crippen LogP contribution in [-0.2, 0) is 24.5 Å². The Balaban J connectivity index is 1.66. The summed E-state index contributed by atoms with van der Waals surface area (Å²) in [5, 5.41) is 0.594. The lowest BCUT2D eigenvalue weighted by Gasteiger charge is -2.23. The molecule has 6 nitrogen and oxygen atoms in total. The highest BCUT2D eigenvalue weighted by Crippen LogP contribution is 2.49. The quantitative estimate of drug-likeness (QED) is 0.690. The van der Waals surface area contributed by atoms with E-state index >= 15 is 0 Å². The van der Waals surface area contributed by atoms with Crippen LogP contribution >= 0.6 is 11.6 Å². The number of nitrogens with two attached hydrogens (primary N) is 1. The van der Waals surface area contributed by atoms with E-state index < -0.39 is 29.8 Å². The molecule has 1 saturated carbocycles. The lowest BCUT2D eigenvalue weighted by atomic mass is 9.96. The topological polar surface area (TPSA) is 89.7 Å². The molecular weight excluding hydrogens is 380 g/mol. The standard InChI is InChI=1S/C21H21ClN2O4/c22-16-8-6-15(7-9-16)21(11-12-21)20(27)28-14-19(26)24(13-10-18(23)25)17-4-2-1-3-5-17/h1-9H,10-14H2,(H2,23,25). The number of carbonyl (C=O) groups is 3. The van der Waals surface area contributed by atoms with E-state index in [2.05, 4.69) is 0 Å². The fraction of sp³-hybridized carbons (Fsp3) is 0.286. The SMILES string of the molecule is NC(=O)CCN(C(=O)COC(=O)C1(c2ccc(Cl)cc2)CC1)c1ccccc1. The number of esters is 1. The summed E-state index contributed by atoms with van der Waals surface area (Å²) in [7, 11) is 0. The molecule has 1 aliphatic carbocycles. The molecule has 0 unspecified atom stereocenters. The molecule has 7 heteroatoms. The molecule has 0 aliphatic heterocycles. The van der Waals surface area contributed by atoms with Crippen LogP contribution in [0, 0.1) is 0 Å². The van der Waals surface area contributed by atoms with Crippen LogP contribution < -0.4 is 10.6 Å². The first-order chi connectivity index (χ1) is 13.4. The summed E-state index contributed by atoms with van der Waals surface area (Å²) >= 11 is 5.91. The zero-order valence-electron chi connectivity index (χ0n) is 15.3. The third-order valence-electron chi connectivity index (χ3n) is 4.82. The molecule has 0 aromatic heterocycles. The van der Waals surface area contributed by atoms with E-state index in [0.717, 1.165) is 5.56 Å². The summed E-state index contributed by atoms with van der Waals surface area (Å²) in [6.07, 6.45) is 1.36. The fourth-order valence-corrected chi connectivity index (χ4v) is 3.20.